The molecule has 20 heavy (non-hydrogen) atoms. The molecule has 2 unspecified atom stereocenters. The number of amides is 1. The van der Waals surface area contributed by atoms with E-state index >= 15 is 0 Å². The highest BCUT2D eigenvalue weighted by atomic mass is 32.1. The highest BCUT2D eigenvalue weighted by molar-refractivity contribution is 7.12. The predicted molar refractivity (Wildman–Crippen MR) is 79.0 cm³/mol. The molecule has 2 rings (SSSR count). The summed E-state index contributed by atoms with van der Waals surface area (Å²) in [5.41, 5.74) is 7.45. The van der Waals surface area contributed by atoms with E-state index in [4.69, 9.17) is 10.5 Å². The lowest BCUT2D eigenvalue weighted by molar-refractivity contribution is -0.121. The van der Waals surface area contributed by atoms with Crippen molar-refractivity contribution in [2.24, 2.45) is 11.7 Å². The average molecular weight is 296 g/mol. The van der Waals surface area contributed by atoms with Gasteiger partial charge in [0.1, 0.15) is 4.88 Å². The van der Waals surface area contributed by atoms with Crippen LogP contribution in [-0.4, -0.2) is 25.0 Å². The second-order valence-electron chi connectivity index (χ2n) is 5.16. The number of nitrogens with one attached hydrogen (secondary N) is 1. The fraction of sp³-hybridized carbons (Fsp3) is 0.571. The van der Waals surface area contributed by atoms with Crippen LogP contribution in [-0.2, 0) is 9.53 Å². The second kappa shape index (κ2) is 6.37. The molecule has 110 valence electrons. The van der Waals surface area contributed by atoms with E-state index < -0.39 is 5.97 Å². The third-order valence-corrected chi connectivity index (χ3v) is 4.83. The Labute approximate surface area is 122 Å². The van der Waals surface area contributed by atoms with E-state index in [1.165, 1.54) is 18.4 Å². The van der Waals surface area contributed by atoms with Crippen LogP contribution in [0.1, 0.15) is 40.9 Å². The van der Waals surface area contributed by atoms with Crippen molar-refractivity contribution >= 4 is 28.9 Å². The minimum absolute atomic E-state index is 0.0933. The summed E-state index contributed by atoms with van der Waals surface area (Å²) in [6.07, 6.45) is 3.79. The van der Waals surface area contributed by atoms with Crippen LogP contribution in [0.3, 0.4) is 0 Å². The number of hydrogen-bond acceptors (Lipinski definition) is 5. The minimum atomic E-state index is -0.425. The molecule has 2 atom stereocenters. The molecule has 0 bridgehead atoms. The Morgan fingerprint density at radius 1 is 1.40 bits per heavy atom. The van der Waals surface area contributed by atoms with E-state index in [9.17, 15) is 9.59 Å². The lowest BCUT2D eigenvalue weighted by atomic mass is 9.84. The maximum atomic E-state index is 12.4. The highest BCUT2D eigenvalue weighted by Crippen LogP contribution is 2.30. The van der Waals surface area contributed by atoms with Gasteiger partial charge in [-0.25, -0.2) is 4.79 Å². The van der Waals surface area contributed by atoms with Crippen molar-refractivity contribution in [3.63, 3.8) is 0 Å². The van der Waals surface area contributed by atoms with Crippen molar-refractivity contribution in [3.05, 3.63) is 15.8 Å². The summed E-state index contributed by atoms with van der Waals surface area (Å²) in [6, 6.07) is -0.0933. The van der Waals surface area contributed by atoms with Gasteiger partial charge in [0.2, 0.25) is 5.91 Å². The summed E-state index contributed by atoms with van der Waals surface area (Å²) in [5, 5.41) is 4.70. The third-order valence-electron chi connectivity index (χ3n) is 3.75. The molecule has 0 saturated heterocycles. The molecule has 1 amide bonds. The molecule has 1 aromatic heterocycles. The Morgan fingerprint density at radius 2 is 2.10 bits per heavy atom. The summed E-state index contributed by atoms with van der Waals surface area (Å²) in [5.74, 6) is -0.691. The monoisotopic (exact) mass is 296 g/mol. The second-order valence-corrected chi connectivity index (χ2v) is 6.04. The number of rotatable bonds is 3. The summed E-state index contributed by atoms with van der Waals surface area (Å²) in [7, 11) is 1.33. The van der Waals surface area contributed by atoms with Gasteiger partial charge in [-0.2, -0.15) is 0 Å². The Balaban J connectivity index is 2.15. The number of hydrogen-bond donors (Lipinski definition) is 2. The summed E-state index contributed by atoms with van der Waals surface area (Å²) in [6.45, 7) is 1.86. The molecule has 0 spiro atoms. The zero-order valence-electron chi connectivity index (χ0n) is 11.8. The van der Waals surface area contributed by atoms with Gasteiger partial charge in [0.25, 0.3) is 0 Å². The zero-order valence-corrected chi connectivity index (χ0v) is 12.6. The highest BCUT2D eigenvalue weighted by Gasteiger charge is 2.29. The normalized spacial score (nSPS) is 22.4. The van der Waals surface area contributed by atoms with Crippen molar-refractivity contribution in [1.29, 1.82) is 0 Å². The lowest BCUT2D eigenvalue weighted by Gasteiger charge is -2.27. The number of ether oxygens (including phenoxy) is 1. The molecule has 0 radical (unpaired) electrons. The maximum Gasteiger partial charge on any atom is 0.350 e. The molecule has 1 aromatic rings. The van der Waals surface area contributed by atoms with Crippen LogP contribution >= 0.6 is 11.3 Å². The molecule has 1 heterocycles. The molecule has 0 aliphatic heterocycles. The Bertz CT molecular complexity index is 513. The Kier molecular flexibility index (Phi) is 4.77. The van der Waals surface area contributed by atoms with Crippen molar-refractivity contribution < 1.29 is 14.3 Å². The first-order valence-corrected chi connectivity index (χ1v) is 7.65. The minimum Gasteiger partial charge on any atom is -0.465 e. The SMILES string of the molecule is COC(=O)c1scc(C)c1NC(=O)C1CCCCC1N. The molecule has 3 N–H and O–H groups in total. The van der Waals surface area contributed by atoms with Gasteiger partial charge >= 0.3 is 5.97 Å². The van der Waals surface area contributed by atoms with E-state index in [1.807, 2.05) is 12.3 Å². The van der Waals surface area contributed by atoms with E-state index in [0.717, 1.165) is 31.2 Å². The number of nitrogens with two attached hydrogens (primary N) is 1. The number of esters is 1. The van der Waals surface area contributed by atoms with Crippen LogP contribution in [0.2, 0.25) is 0 Å². The number of carbonyl (C=O) groups is 2. The standard InChI is InChI=1S/C14H20N2O3S/c1-8-7-20-12(14(18)19-2)11(8)16-13(17)9-5-3-4-6-10(9)15/h7,9-10H,3-6,15H2,1-2H3,(H,16,17). The molecule has 1 fully saturated rings. The smallest absolute Gasteiger partial charge is 0.350 e. The van der Waals surface area contributed by atoms with Gasteiger partial charge in [0.05, 0.1) is 18.7 Å². The van der Waals surface area contributed by atoms with Crippen LogP contribution in [0.15, 0.2) is 5.38 Å². The fourth-order valence-corrected chi connectivity index (χ4v) is 3.47. The van der Waals surface area contributed by atoms with Crippen molar-refractivity contribution in [1.82, 2.24) is 0 Å². The van der Waals surface area contributed by atoms with Crippen molar-refractivity contribution in [3.8, 4) is 0 Å². The van der Waals surface area contributed by atoms with Crippen LogP contribution in [0.25, 0.3) is 0 Å². The number of thiophene rings is 1. The van der Waals surface area contributed by atoms with Crippen molar-refractivity contribution in [2.45, 2.75) is 38.6 Å². The predicted octanol–water partition coefficient (Wildman–Crippen LogP) is 2.30. The molecule has 1 aliphatic carbocycles. The molecular weight excluding hydrogens is 276 g/mol. The van der Waals surface area contributed by atoms with Gasteiger partial charge in [-0.3, -0.25) is 4.79 Å². The van der Waals surface area contributed by atoms with Crippen LogP contribution < -0.4 is 11.1 Å². The fourth-order valence-electron chi connectivity index (χ4n) is 2.54. The third kappa shape index (κ3) is 3.02. The van der Waals surface area contributed by atoms with Gasteiger partial charge < -0.3 is 15.8 Å². The molecule has 0 aromatic carbocycles. The van der Waals surface area contributed by atoms with Crippen LogP contribution in [0.4, 0.5) is 5.69 Å². The summed E-state index contributed by atoms with van der Waals surface area (Å²) >= 11 is 1.28. The van der Waals surface area contributed by atoms with Gasteiger partial charge in [0.15, 0.2) is 0 Å². The van der Waals surface area contributed by atoms with Gasteiger partial charge in [0, 0.05) is 6.04 Å². The van der Waals surface area contributed by atoms with E-state index in [-0.39, 0.29) is 17.9 Å². The number of carbonyl (C=O) groups excluding carboxylic acids is 2. The largest absolute Gasteiger partial charge is 0.465 e. The number of anilines is 1. The zero-order chi connectivity index (χ0) is 14.7. The molecule has 1 saturated carbocycles. The molecule has 6 heteroatoms. The molecule has 5 nitrogen and oxygen atoms in total. The first-order chi connectivity index (χ1) is 9.54. The number of methoxy groups -OCH3 is 1. The topological polar surface area (TPSA) is 81.4 Å². The summed E-state index contributed by atoms with van der Waals surface area (Å²) in [4.78, 5) is 24.5. The first-order valence-electron chi connectivity index (χ1n) is 6.77. The maximum absolute atomic E-state index is 12.4. The lowest BCUT2D eigenvalue weighted by Crippen LogP contribution is -2.40. The Morgan fingerprint density at radius 3 is 2.75 bits per heavy atom. The average Bonchev–Trinajstić information content (AvgIpc) is 2.80. The quantitative estimate of drug-likeness (QED) is 0.839. The first kappa shape index (κ1) is 15.0. The number of aryl methyl sites for hydroxylation is 1. The van der Waals surface area contributed by atoms with Gasteiger partial charge in [-0.1, -0.05) is 12.8 Å². The molecular formula is C14H20N2O3S. The van der Waals surface area contributed by atoms with Crippen LogP contribution in [0, 0.1) is 12.8 Å². The molecule has 1 aliphatic rings. The van der Waals surface area contributed by atoms with E-state index in [1.54, 1.807) is 0 Å². The van der Waals surface area contributed by atoms with Gasteiger partial charge in [-0.05, 0) is 30.7 Å². The van der Waals surface area contributed by atoms with E-state index in [0.29, 0.717) is 10.6 Å². The Hall–Kier alpha value is -1.40. The van der Waals surface area contributed by atoms with Crippen molar-refractivity contribution in [2.75, 3.05) is 12.4 Å². The van der Waals surface area contributed by atoms with Crippen LogP contribution in [0.5, 0.6) is 0 Å². The summed E-state index contributed by atoms with van der Waals surface area (Å²) < 4.78 is 4.73. The van der Waals surface area contributed by atoms with E-state index in [2.05, 4.69) is 5.32 Å². The van der Waals surface area contributed by atoms with Gasteiger partial charge in [-0.15, -0.1) is 11.3 Å².